The third-order valence-electron chi connectivity index (χ3n) is 4.31. The number of rotatable bonds is 5. The molecule has 0 N–H and O–H groups in total. The molecule has 1 fully saturated rings. The fraction of sp³-hybridized carbons (Fsp3) is 0.421. The van der Waals surface area contributed by atoms with E-state index >= 15 is 0 Å². The van der Waals surface area contributed by atoms with Crippen LogP contribution in [0.2, 0.25) is 0 Å². The second kappa shape index (κ2) is 9.48. The highest BCUT2D eigenvalue weighted by molar-refractivity contribution is 5.72. The first-order chi connectivity index (χ1) is 12.1. The van der Waals surface area contributed by atoms with Crippen LogP contribution in [-0.4, -0.2) is 37.2 Å². The molecule has 0 unspecified atom stereocenters. The average molecular weight is 342 g/mol. The van der Waals surface area contributed by atoms with Gasteiger partial charge in [-0.1, -0.05) is 30.3 Å². The summed E-state index contributed by atoms with van der Waals surface area (Å²) in [4.78, 5) is 25.3. The molecule has 0 aliphatic carbocycles. The largest absolute Gasteiger partial charge is 0.469 e. The Morgan fingerprint density at radius 3 is 2.56 bits per heavy atom. The first-order valence-corrected chi connectivity index (χ1v) is 8.25. The number of methoxy groups -OCH3 is 1. The van der Waals surface area contributed by atoms with Gasteiger partial charge < -0.3 is 14.4 Å². The van der Waals surface area contributed by atoms with Crippen LogP contribution in [0.15, 0.2) is 42.0 Å². The van der Waals surface area contributed by atoms with Crippen LogP contribution in [0.5, 0.6) is 0 Å². The van der Waals surface area contributed by atoms with Crippen LogP contribution in [0.25, 0.3) is 0 Å². The van der Waals surface area contributed by atoms with Crippen molar-refractivity contribution in [1.82, 2.24) is 4.90 Å². The Kier molecular flexibility index (Phi) is 7.02. The number of carbonyl (C=O) groups excluding carboxylic acids is 2. The van der Waals surface area contributed by atoms with Crippen molar-refractivity contribution >= 4 is 12.1 Å². The summed E-state index contributed by atoms with van der Waals surface area (Å²) in [5, 5.41) is 8.91. The SMILES string of the molecule is COC(=O)C/C(=C/C#N)C1CCN(C(=O)OCc2ccccc2)CC1. The molecular weight excluding hydrogens is 320 g/mol. The van der Waals surface area contributed by atoms with Crippen molar-refractivity contribution in [3.05, 3.63) is 47.5 Å². The van der Waals surface area contributed by atoms with Crippen LogP contribution in [0.3, 0.4) is 0 Å². The third kappa shape index (κ3) is 5.64. The Hall–Kier alpha value is -2.81. The number of likely N-dealkylation sites (tertiary alicyclic amines) is 1. The predicted octanol–water partition coefficient (Wildman–Crippen LogP) is 3.05. The summed E-state index contributed by atoms with van der Waals surface area (Å²) >= 11 is 0. The van der Waals surface area contributed by atoms with Crippen LogP contribution in [0.4, 0.5) is 4.79 Å². The second-order valence-corrected chi connectivity index (χ2v) is 5.90. The summed E-state index contributed by atoms with van der Waals surface area (Å²) < 4.78 is 10.0. The van der Waals surface area contributed by atoms with E-state index in [4.69, 9.17) is 10.00 Å². The fourth-order valence-corrected chi connectivity index (χ4v) is 2.88. The van der Waals surface area contributed by atoms with Crippen molar-refractivity contribution in [3.8, 4) is 6.07 Å². The Morgan fingerprint density at radius 2 is 1.96 bits per heavy atom. The molecule has 6 nitrogen and oxygen atoms in total. The molecule has 1 heterocycles. The van der Waals surface area contributed by atoms with E-state index in [1.165, 1.54) is 13.2 Å². The Labute approximate surface area is 147 Å². The number of piperidine rings is 1. The average Bonchev–Trinajstić information content (AvgIpc) is 2.66. The molecule has 0 bridgehead atoms. The van der Waals surface area contributed by atoms with Crippen molar-refractivity contribution in [2.75, 3.05) is 20.2 Å². The maximum Gasteiger partial charge on any atom is 0.410 e. The van der Waals surface area contributed by atoms with Crippen LogP contribution in [0, 0.1) is 17.2 Å². The van der Waals surface area contributed by atoms with Gasteiger partial charge in [0.25, 0.3) is 0 Å². The first-order valence-electron chi connectivity index (χ1n) is 8.25. The number of ether oxygens (including phenoxy) is 2. The highest BCUT2D eigenvalue weighted by Gasteiger charge is 2.27. The molecule has 0 saturated carbocycles. The van der Waals surface area contributed by atoms with E-state index in [1.807, 2.05) is 36.4 Å². The molecule has 0 atom stereocenters. The summed E-state index contributed by atoms with van der Waals surface area (Å²) in [6, 6.07) is 11.5. The lowest BCUT2D eigenvalue weighted by Crippen LogP contribution is -2.39. The zero-order chi connectivity index (χ0) is 18.1. The van der Waals surface area contributed by atoms with Gasteiger partial charge in [0.15, 0.2) is 0 Å². The maximum absolute atomic E-state index is 12.2. The molecule has 6 heteroatoms. The second-order valence-electron chi connectivity index (χ2n) is 5.90. The van der Waals surface area contributed by atoms with Crippen LogP contribution in [-0.2, 0) is 20.9 Å². The number of amides is 1. The number of allylic oxidation sites excluding steroid dienone is 1. The van der Waals surface area contributed by atoms with E-state index in [-0.39, 0.29) is 31.0 Å². The molecule has 132 valence electrons. The van der Waals surface area contributed by atoms with Crippen LogP contribution >= 0.6 is 0 Å². The summed E-state index contributed by atoms with van der Waals surface area (Å²) in [6.45, 7) is 1.34. The van der Waals surface area contributed by atoms with Crippen LogP contribution < -0.4 is 0 Å². The summed E-state index contributed by atoms with van der Waals surface area (Å²) in [6.07, 6.45) is 2.61. The minimum atomic E-state index is -0.355. The van der Waals surface area contributed by atoms with E-state index < -0.39 is 0 Å². The molecule has 0 radical (unpaired) electrons. The lowest BCUT2D eigenvalue weighted by atomic mass is 9.87. The van der Waals surface area contributed by atoms with Crippen molar-refractivity contribution < 1.29 is 19.1 Å². The van der Waals surface area contributed by atoms with Gasteiger partial charge in [0, 0.05) is 19.2 Å². The summed E-state index contributed by atoms with van der Waals surface area (Å²) in [5.41, 5.74) is 1.72. The molecule has 1 aliphatic rings. The molecule has 1 aromatic rings. The first kappa shape index (κ1) is 18.5. The van der Waals surface area contributed by atoms with Gasteiger partial charge in [-0.25, -0.2) is 4.79 Å². The molecule has 1 aliphatic heterocycles. The number of carbonyl (C=O) groups is 2. The molecule has 2 rings (SSSR count). The van der Waals surface area contributed by atoms with E-state index in [2.05, 4.69) is 4.74 Å². The van der Waals surface area contributed by atoms with Crippen LogP contribution in [0.1, 0.15) is 24.8 Å². The van der Waals surface area contributed by atoms with E-state index in [9.17, 15) is 9.59 Å². The fourth-order valence-electron chi connectivity index (χ4n) is 2.88. The highest BCUT2D eigenvalue weighted by Crippen LogP contribution is 2.27. The minimum Gasteiger partial charge on any atom is -0.469 e. The Bertz CT molecular complexity index is 656. The van der Waals surface area contributed by atoms with Gasteiger partial charge in [-0.15, -0.1) is 0 Å². The maximum atomic E-state index is 12.2. The molecule has 1 saturated heterocycles. The molecule has 1 aromatic carbocycles. The number of benzene rings is 1. The molecule has 25 heavy (non-hydrogen) atoms. The number of nitrogens with zero attached hydrogens (tertiary/aromatic N) is 2. The van der Waals surface area contributed by atoms with Crippen molar-refractivity contribution in [3.63, 3.8) is 0 Å². The zero-order valence-corrected chi connectivity index (χ0v) is 14.3. The summed E-state index contributed by atoms with van der Waals surface area (Å²) in [7, 11) is 1.33. The molecule has 1 amide bonds. The lowest BCUT2D eigenvalue weighted by molar-refractivity contribution is -0.139. The quantitative estimate of drug-likeness (QED) is 0.607. The van der Waals surface area contributed by atoms with Gasteiger partial charge in [-0.3, -0.25) is 4.79 Å². The van der Waals surface area contributed by atoms with Crippen molar-refractivity contribution in [2.45, 2.75) is 25.9 Å². The Balaban J connectivity index is 1.83. The van der Waals surface area contributed by atoms with E-state index in [1.54, 1.807) is 4.90 Å². The zero-order valence-electron chi connectivity index (χ0n) is 14.3. The van der Waals surface area contributed by atoms with Crippen molar-refractivity contribution in [1.29, 1.82) is 5.26 Å². The van der Waals surface area contributed by atoms with E-state index in [0.717, 1.165) is 11.1 Å². The van der Waals surface area contributed by atoms with Gasteiger partial charge in [0.2, 0.25) is 0 Å². The molecule has 0 aromatic heterocycles. The summed E-state index contributed by atoms with van der Waals surface area (Å²) in [5.74, 6) is -0.247. The smallest absolute Gasteiger partial charge is 0.410 e. The number of hydrogen-bond acceptors (Lipinski definition) is 5. The predicted molar refractivity (Wildman–Crippen MR) is 91.3 cm³/mol. The standard InChI is InChI=1S/C19H22N2O4/c1-24-18(22)13-17(7-10-20)16-8-11-21(12-9-16)19(23)25-14-15-5-3-2-4-6-15/h2-7,16H,8-9,11-14H2,1H3/b17-7-. The third-order valence-corrected chi connectivity index (χ3v) is 4.31. The number of hydrogen-bond donors (Lipinski definition) is 0. The monoisotopic (exact) mass is 342 g/mol. The van der Waals surface area contributed by atoms with Gasteiger partial charge in [-0.05, 0) is 29.9 Å². The van der Waals surface area contributed by atoms with Crippen molar-refractivity contribution in [2.24, 2.45) is 5.92 Å². The highest BCUT2D eigenvalue weighted by atomic mass is 16.6. The normalized spacial score (nSPS) is 15.4. The van der Waals surface area contributed by atoms with Gasteiger partial charge in [0.05, 0.1) is 19.6 Å². The van der Waals surface area contributed by atoms with E-state index in [0.29, 0.717) is 25.9 Å². The molecular formula is C19H22N2O4. The Morgan fingerprint density at radius 1 is 1.28 bits per heavy atom. The molecule has 0 spiro atoms. The topological polar surface area (TPSA) is 79.6 Å². The van der Waals surface area contributed by atoms with Gasteiger partial charge in [-0.2, -0.15) is 5.26 Å². The lowest BCUT2D eigenvalue weighted by Gasteiger charge is -2.32. The minimum absolute atomic E-state index is 0.108. The van der Waals surface area contributed by atoms with Gasteiger partial charge >= 0.3 is 12.1 Å². The van der Waals surface area contributed by atoms with Gasteiger partial charge in [0.1, 0.15) is 6.61 Å². The number of esters is 1. The number of nitriles is 1.